The first-order valence-corrected chi connectivity index (χ1v) is 11.1. The monoisotopic (exact) mass is 419 g/mol. The van der Waals surface area contributed by atoms with Gasteiger partial charge in [0.2, 0.25) is 10.0 Å². The fourth-order valence-electron chi connectivity index (χ4n) is 2.91. The highest BCUT2D eigenvalue weighted by atomic mass is 79.9. The van der Waals surface area contributed by atoms with Crippen molar-refractivity contribution in [1.82, 2.24) is 4.72 Å². The molecule has 1 aromatic rings. The first-order chi connectivity index (χ1) is 11.4. The number of unbranched alkanes of at least 4 members (excludes halogenated alkanes) is 3. The third-order valence-electron chi connectivity index (χ3n) is 4.28. The largest absolute Gasteiger partial charge is 0.395 e. The fraction of sp³-hybridized carbons (Fsp3) is 0.667. The van der Waals surface area contributed by atoms with E-state index < -0.39 is 16.1 Å². The highest BCUT2D eigenvalue weighted by Gasteiger charge is 2.26. The zero-order chi connectivity index (χ0) is 18.0. The average molecular weight is 420 g/mol. The van der Waals surface area contributed by atoms with E-state index in [0.29, 0.717) is 0 Å². The Balaban J connectivity index is 2.78. The topological polar surface area (TPSA) is 66.4 Å². The number of aliphatic hydroxyl groups excluding tert-OH is 1. The smallest absolute Gasteiger partial charge is 0.240 e. The van der Waals surface area contributed by atoms with E-state index in [1.165, 1.54) is 12.8 Å². The van der Waals surface area contributed by atoms with E-state index in [1.54, 1.807) is 24.3 Å². The Labute approximate surface area is 155 Å². The van der Waals surface area contributed by atoms with Crippen LogP contribution in [-0.2, 0) is 10.0 Å². The quantitative estimate of drug-likeness (QED) is 0.490. The molecule has 1 rings (SSSR count). The van der Waals surface area contributed by atoms with Gasteiger partial charge >= 0.3 is 0 Å². The van der Waals surface area contributed by atoms with Gasteiger partial charge in [0.25, 0.3) is 0 Å². The lowest BCUT2D eigenvalue weighted by molar-refractivity contribution is 0.200. The molecule has 0 aliphatic rings. The molecular formula is C18H30BrNO3S. The van der Waals surface area contributed by atoms with Gasteiger partial charge in [0.1, 0.15) is 0 Å². The van der Waals surface area contributed by atoms with Crippen LogP contribution in [0.4, 0.5) is 0 Å². The Hall–Kier alpha value is -0.430. The third kappa shape index (κ3) is 7.21. The Morgan fingerprint density at radius 1 is 1.04 bits per heavy atom. The van der Waals surface area contributed by atoms with Crippen LogP contribution in [0.3, 0.4) is 0 Å². The zero-order valence-corrected chi connectivity index (χ0v) is 17.1. The van der Waals surface area contributed by atoms with Crippen molar-refractivity contribution < 1.29 is 13.5 Å². The Morgan fingerprint density at radius 3 is 2.25 bits per heavy atom. The van der Waals surface area contributed by atoms with Crippen LogP contribution in [0.2, 0.25) is 0 Å². The summed E-state index contributed by atoms with van der Waals surface area (Å²) in [5, 5.41) is 9.75. The van der Waals surface area contributed by atoms with E-state index in [1.807, 2.05) is 0 Å². The maximum Gasteiger partial charge on any atom is 0.240 e. The summed E-state index contributed by atoms with van der Waals surface area (Å²) in [5.41, 5.74) is 0. The Kier molecular flexibility index (Phi) is 10.1. The molecule has 1 aromatic carbocycles. The van der Waals surface area contributed by atoms with Crippen molar-refractivity contribution in [2.75, 3.05) is 6.61 Å². The highest BCUT2D eigenvalue weighted by molar-refractivity contribution is 9.10. The first kappa shape index (κ1) is 21.6. The van der Waals surface area contributed by atoms with Crippen molar-refractivity contribution in [3.05, 3.63) is 28.7 Å². The standard InChI is InChI=1S/C18H30BrNO3S/c1-3-5-6-7-9-15(8-4-2)18(14-21)20-24(22,23)17-12-10-16(19)11-13-17/h10-13,15,18,20-21H,3-9,14H2,1-2H3/t15-,18?/m1/s1. The molecule has 0 saturated carbocycles. The molecule has 4 nitrogen and oxygen atoms in total. The van der Waals surface area contributed by atoms with Crippen LogP contribution in [0.25, 0.3) is 0 Å². The van der Waals surface area contributed by atoms with E-state index in [4.69, 9.17) is 0 Å². The molecule has 0 spiro atoms. The fourth-order valence-corrected chi connectivity index (χ4v) is 4.47. The molecule has 2 N–H and O–H groups in total. The van der Waals surface area contributed by atoms with Crippen molar-refractivity contribution in [2.24, 2.45) is 5.92 Å². The summed E-state index contributed by atoms with van der Waals surface area (Å²) in [5.74, 6) is 0.169. The van der Waals surface area contributed by atoms with Gasteiger partial charge < -0.3 is 5.11 Å². The van der Waals surface area contributed by atoms with Gasteiger partial charge in [0.05, 0.1) is 11.5 Å². The molecule has 0 aliphatic carbocycles. The second kappa shape index (κ2) is 11.2. The molecule has 138 valence electrons. The lowest BCUT2D eigenvalue weighted by Gasteiger charge is -2.26. The molecule has 24 heavy (non-hydrogen) atoms. The SMILES string of the molecule is CCCCCC[C@@H](CCC)C(CO)NS(=O)(=O)c1ccc(Br)cc1. The van der Waals surface area contributed by atoms with E-state index in [2.05, 4.69) is 34.5 Å². The number of hydrogen-bond acceptors (Lipinski definition) is 3. The van der Waals surface area contributed by atoms with Crippen molar-refractivity contribution >= 4 is 26.0 Å². The molecule has 0 heterocycles. The summed E-state index contributed by atoms with van der Waals surface area (Å²) in [6.07, 6.45) is 7.46. The minimum absolute atomic E-state index is 0.169. The summed E-state index contributed by atoms with van der Waals surface area (Å²) < 4.78 is 28.7. The Bertz CT molecular complexity index is 560. The van der Waals surface area contributed by atoms with Gasteiger partial charge in [-0.3, -0.25) is 0 Å². The van der Waals surface area contributed by atoms with E-state index in [9.17, 15) is 13.5 Å². The van der Waals surface area contributed by atoms with Gasteiger partial charge in [0, 0.05) is 10.5 Å². The van der Waals surface area contributed by atoms with E-state index in [-0.39, 0.29) is 17.4 Å². The summed E-state index contributed by atoms with van der Waals surface area (Å²) in [6, 6.07) is 6.11. The lowest BCUT2D eigenvalue weighted by Crippen LogP contribution is -2.42. The van der Waals surface area contributed by atoms with Crippen LogP contribution in [0.5, 0.6) is 0 Å². The second-order valence-electron chi connectivity index (χ2n) is 6.26. The molecule has 0 saturated heterocycles. The van der Waals surface area contributed by atoms with Gasteiger partial charge in [-0.25, -0.2) is 13.1 Å². The maximum atomic E-state index is 12.6. The van der Waals surface area contributed by atoms with Gasteiger partial charge in [-0.2, -0.15) is 0 Å². The zero-order valence-electron chi connectivity index (χ0n) is 14.7. The number of rotatable bonds is 12. The number of nitrogens with one attached hydrogen (secondary N) is 1. The first-order valence-electron chi connectivity index (χ1n) is 8.83. The number of sulfonamides is 1. The summed E-state index contributed by atoms with van der Waals surface area (Å²) in [7, 11) is -3.62. The van der Waals surface area contributed by atoms with Crippen LogP contribution in [-0.4, -0.2) is 26.2 Å². The number of halogens is 1. The normalized spacial score (nSPS) is 14.5. The number of benzene rings is 1. The van der Waals surface area contributed by atoms with Crippen molar-refractivity contribution in [3.63, 3.8) is 0 Å². The summed E-state index contributed by atoms with van der Waals surface area (Å²) >= 11 is 3.31. The predicted octanol–water partition coefficient (Wildman–Crippen LogP) is 4.48. The highest BCUT2D eigenvalue weighted by Crippen LogP contribution is 2.22. The van der Waals surface area contributed by atoms with Crippen molar-refractivity contribution in [1.29, 1.82) is 0 Å². The van der Waals surface area contributed by atoms with Gasteiger partial charge in [0.15, 0.2) is 0 Å². The van der Waals surface area contributed by atoms with Crippen LogP contribution in [0.15, 0.2) is 33.6 Å². The molecule has 1 unspecified atom stereocenters. The molecular weight excluding hydrogens is 390 g/mol. The molecule has 2 atom stereocenters. The minimum atomic E-state index is -3.62. The number of hydrogen-bond donors (Lipinski definition) is 2. The summed E-state index contributed by atoms with van der Waals surface area (Å²) in [6.45, 7) is 4.09. The van der Waals surface area contributed by atoms with Crippen molar-refractivity contribution in [2.45, 2.75) is 69.7 Å². The van der Waals surface area contributed by atoms with Crippen LogP contribution < -0.4 is 4.72 Å². The lowest BCUT2D eigenvalue weighted by atomic mass is 9.90. The van der Waals surface area contributed by atoms with Crippen LogP contribution in [0.1, 0.15) is 58.8 Å². The molecule has 0 aromatic heterocycles. The van der Waals surface area contributed by atoms with Gasteiger partial charge in [-0.1, -0.05) is 61.9 Å². The van der Waals surface area contributed by atoms with Gasteiger partial charge in [-0.15, -0.1) is 0 Å². The average Bonchev–Trinajstić information content (AvgIpc) is 2.56. The van der Waals surface area contributed by atoms with Crippen molar-refractivity contribution in [3.8, 4) is 0 Å². The maximum absolute atomic E-state index is 12.6. The van der Waals surface area contributed by atoms with E-state index in [0.717, 1.165) is 36.6 Å². The Morgan fingerprint density at radius 2 is 1.71 bits per heavy atom. The van der Waals surface area contributed by atoms with Gasteiger partial charge in [-0.05, 0) is 43.0 Å². The summed E-state index contributed by atoms with van der Waals surface area (Å²) in [4.78, 5) is 0.227. The van der Waals surface area contributed by atoms with Crippen LogP contribution >= 0.6 is 15.9 Å². The molecule has 0 amide bonds. The molecule has 0 aliphatic heterocycles. The second-order valence-corrected chi connectivity index (χ2v) is 8.89. The third-order valence-corrected chi connectivity index (χ3v) is 6.32. The molecule has 6 heteroatoms. The van der Waals surface area contributed by atoms with E-state index >= 15 is 0 Å². The van der Waals surface area contributed by atoms with Crippen LogP contribution in [0, 0.1) is 5.92 Å². The minimum Gasteiger partial charge on any atom is -0.395 e. The predicted molar refractivity (Wildman–Crippen MR) is 102 cm³/mol. The molecule has 0 radical (unpaired) electrons. The number of aliphatic hydroxyl groups is 1. The molecule has 0 fully saturated rings. The molecule has 0 bridgehead atoms.